The van der Waals surface area contributed by atoms with E-state index in [1.54, 1.807) is 4.90 Å². The monoisotopic (exact) mass is 312 g/mol. The molecular formula is C13H17BrN2O2. The van der Waals surface area contributed by atoms with Crippen LogP contribution in [0.2, 0.25) is 0 Å². The molecule has 0 saturated carbocycles. The van der Waals surface area contributed by atoms with Crippen LogP contribution in [0.4, 0.5) is 5.69 Å². The van der Waals surface area contributed by atoms with Crippen LogP contribution in [0.5, 0.6) is 0 Å². The molecule has 18 heavy (non-hydrogen) atoms. The summed E-state index contributed by atoms with van der Waals surface area (Å²) < 4.78 is 6.47. The fourth-order valence-corrected chi connectivity index (χ4v) is 2.53. The minimum atomic E-state index is -0.335. The molecule has 1 fully saturated rings. The highest BCUT2D eigenvalue weighted by molar-refractivity contribution is 9.10. The number of nitrogens with zero attached hydrogens (tertiary/aromatic N) is 1. The minimum absolute atomic E-state index is 0.0448. The van der Waals surface area contributed by atoms with E-state index in [-0.39, 0.29) is 12.0 Å². The molecule has 0 aromatic heterocycles. The van der Waals surface area contributed by atoms with Gasteiger partial charge in [-0.1, -0.05) is 12.1 Å². The van der Waals surface area contributed by atoms with Crippen molar-refractivity contribution in [2.75, 3.05) is 31.6 Å². The molecule has 0 spiro atoms. The van der Waals surface area contributed by atoms with Gasteiger partial charge in [-0.15, -0.1) is 0 Å². The number of anilines is 1. The first-order chi connectivity index (χ1) is 8.74. The highest BCUT2D eigenvalue weighted by Crippen LogP contribution is 2.28. The zero-order valence-electron chi connectivity index (χ0n) is 10.4. The van der Waals surface area contributed by atoms with Crippen LogP contribution in [-0.2, 0) is 9.53 Å². The van der Waals surface area contributed by atoms with Crippen molar-refractivity contribution in [2.45, 2.75) is 12.5 Å². The highest BCUT2D eigenvalue weighted by Gasteiger charge is 2.30. The Hall–Kier alpha value is -0.910. The molecule has 1 N–H and O–H groups in total. The smallest absolute Gasteiger partial charge is 0.256 e. The molecule has 0 radical (unpaired) electrons. The van der Waals surface area contributed by atoms with Crippen molar-refractivity contribution in [2.24, 2.45) is 0 Å². The lowest BCUT2D eigenvalue weighted by Crippen LogP contribution is -2.48. The summed E-state index contributed by atoms with van der Waals surface area (Å²) in [6, 6.07) is 7.77. The number of halogens is 1. The number of para-hydroxylation sites is 1. The van der Waals surface area contributed by atoms with Gasteiger partial charge in [0.05, 0.1) is 12.3 Å². The van der Waals surface area contributed by atoms with E-state index in [1.165, 1.54) is 0 Å². The average Bonchev–Trinajstić information content (AvgIpc) is 2.39. The van der Waals surface area contributed by atoms with Crippen molar-refractivity contribution in [3.63, 3.8) is 0 Å². The molecule has 1 atom stereocenters. The molecule has 1 amide bonds. The van der Waals surface area contributed by atoms with Crippen molar-refractivity contribution < 1.29 is 9.53 Å². The molecule has 0 aliphatic carbocycles. The number of rotatable bonds is 4. The lowest BCUT2D eigenvalue weighted by molar-refractivity contribution is -0.134. The quantitative estimate of drug-likeness (QED) is 0.921. The zero-order valence-corrected chi connectivity index (χ0v) is 11.9. The van der Waals surface area contributed by atoms with E-state index in [9.17, 15) is 4.79 Å². The standard InChI is InChI=1S/C13H17BrN2O2/c1-15-7-6-12-13(17)16(8-9-18-12)11-5-3-2-4-10(11)14/h2-5,12,15H,6-9H2,1H3. The van der Waals surface area contributed by atoms with E-state index < -0.39 is 0 Å². The van der Waals surface area contributed by atoms with Crippen LogP contribution in [-0.4, -0.2) is 38.8 Å². The summed E-state index contributed by atoms with van der Waals surface area (Å²) in [7, 11) is 1.87. The second kappa shape index (κ2) is 6.31. The number of benzene rings is 1. The summed E-state index contributed by atoms with van der Waals surface area (Å²) in [5.41, 5.74) is 0.917. The summed E-state index contributed by atoms with van der Waals surface area (Å²) in [6.07, 6.45) is 0.370. The fourth-order valence-electron chi connectivity index (χ4n) is 2.03. The van der Waals surface area contributed by atoms with E-state index in [0.29, 0.717) is 19.6 Å². The van der Waals surface area contributed by atoms with Crippen molar-refractivity contribution >= 4 is 27.5 Å². The Labute approximate surface area is 115 Å². The van der Waals surface area contributed by atoms with Gasteiger partial charge in [0.15, 0.2) is 0 Å². The summed E-state index contributed by atoms with van der Waals surface area (Å²) in [6.45, 7) is 1.97. The van der Waals surface area contributed by atoms with Crippen molar-refractivity contribution in [1.29, 1.82) is 0 Å². The molecule has 1 heterocycles. The predicted octanol–water partition coefficient (Wildman–Crippen LogP) is 1.79. The third-order valence-electron chi connectivity index (χ3n) is 2.98. The molecule has 5 heteroatoms. The summed E-state index contributed by atoms with van der Waals surface area (Å²) in [5.74, 6) is 0.0448. The Balaban J connectivity index is 2.14. The maximum absolute atomic E-state index is 12.3. The number of amides is 1. The molecule has 1 aliphatic heterocycles. The van der Waals surface area contributed by atoms with E-state index in [1.807, 2.05) is 31.3 Å². The lowest BCUT2D eigenvalue weighted by atomic mass is 10.1. The van der Waals surface area contributed by atoms with Crippen molar-refractivity contribution in [1.82, 2.24) is 5.32 Å². The Morgan fingerprint density at radius 1 is 1.50 bits per heavy atom. The van der Waals surface area contributed by atoms with Crippen LogP contribution < -0.4 is 10.2 Å². The van der Waals surface area contributed by atoms with Gasteiger partial charge in [-0.2, -0.15) is 0 Å². The number of hydrogen-bond acceptors (Lipinski definition) is 3. The Morgan fingerprint density at radius 3 is 3.00 bits per heavy atom. The zero-order chi connectivity index (χ0) is 13.0. The van der Waals surface area contributed by atoms with Gasteiger partial charge >= 0.3 is 0 Å². The number of carbonyl (C=O) groups is 1. The molecule has 98 valence electrons. The van der Waals surface area contributed by atoms with Gasteiger partial charge in [0, 0.05) is 11.0 Å². The number of hydrogen-bond donors (Lipinski definition) is 1. The molecule has 1 aromatic rings. The second-order valence-electron chi connectivity index (χ2n) is 4.19. The van der Waals surface area contributed by atoms with Crippen molar-refractivity contribution in [3.05, 3.63) is 28.7 Å². The van der Waals surface area contributed by atoms with Crippen LogP contribution in [0.3, 0.4) is 0 Å². The first-order valence-electron chi connectivity index (χ1n) is 6.06. The summed E-state index contributed by atoms with van der Waals surface area (Å²) in [5, 5.41) is 3.04. The largest absolute Gasteiger partial charge is 0.366 e. The molecule has 1 unspecified atom stereocenters. The number of ether oxygens (including phenoxy) is 1. The minimum Gasteiger partial charge on any atom is -0.366 e. The fraction of sp³-hybridized carbons (Fsp3) is 0.462. The molecule has 1 aromatic carbocycles. The molecule has 4 nitrogen and oxygen atoms in total. The Bertz CT molecular complexity index is 425. The van der Waals surface area contributed by atoms with Gasteiger partial charge in [0.2, 0.25) is 0 Å². The van der Waals surface area contributed by atoms with E-state index >= 15 is 0 Å². The molecule has 0 bridgehead atoms. The molecular weight excluding hydrogens is 296 g/mol. The second-order valence-corrected chi connectivity index (χ2v) is 5.05. The van der Waals surface area contributed by atoms with Crippen LogP contribution in [0.15, 0.2) is 28.7 Å². The maximum Gasteiger partial charge on any atom is 0.256 e. The number of morpholine rings is 1. The maximum atomic E-state index is 12.3. The molecule has 2 rings (SSSR count). The third kappa shape index (κ3) is 2.91. The topological polar surface area (TPSA) is 41.6 Å². The summed E-state index contributed by atoms with van der Waals surface area (Å²) >= 11 is 3.48. The van der Waals surface area contributed by atoms with Crippen LogP contribution in [0.1, 0.15) is 6.42 Å². The van der Waals surface area contributed by atoms with E-state index in [2.05, 4.69) is 21.2 Å². The predicted molar refractivity (Wildman–Crippen MR) is 74.8 cm³/mol. The van der Waals surface area contributed by atoms with Crippen molar-refractivity contribution in [3.8, 4) is 0 Å². The first kappa shape index (κ1) is 13.5. The molecule has 1 aliphatic rings. The summed E-state index contributed by atoms with van der Waals surface area (Å²) in [4.78, 5) is 14.1. The SMILES string of the molecule is CNCCC1OCCN(c2ccccc2Br)C1=O. The highest BCUT2D eigenvalue weighted by atomic mass is 79.9. The van der Waals surface area contributed by atoms with Gasteiger partial charge in [-0.3, -0.25) is 4.79 Å². The number of nitrogens with one attached hydrogen (secondary N) is 1. The van der Waals surface area contributed by atoms with Crippen LogP contribution in [0.25, 0.3) is 0 Å². The van der Waals surface area contributed by atoms with Gasteiger partial charge in [0.25, 0.3) is 5.91 Å². The van der Waals surface area contributed by atoms with Gasteiger partial charge in [-0.05, 0) is 48.1 Å². The Kier molecular flexibility index (Phi) is 4.74. The third-order valence-corrected chi connectivity index (χ3v) is 3.65. The van der Waals surface area contributed by atoms with Gasteiger partial charge in [0.1, 0.15) is 6.10 Å². The van der Waals surface area contributed by atoms with E-state index in [0.717, 1.165) is 16.7 Å². The van der Waals surface area contributed by atoms with Crippen LogP contribution in [0, 0.1) is 0 Å². The normalized spacial score (nSPS) is 20.2. The molecule has 1 saturated heterocycles. The van der Waals surface area contributed by atoms with Crippen LogP contribution >= 0.6 is 15.9 Å². The van der Waals surface area contributed by atoms with Gasteiger partial charge in [-0.25, -0.2) is 0 Å². The van der Waals surface area contributed by atoms with E-state index in [4.69, 9.17) is 4.74 Å². The lowest BCUT2D eigenvalue weighted by Gasteiger charge is -2.33. The first-order valence-corrected chi connectivity index (χ1v) is 6.85. The number of carbonyl (C=O) groups excluding carboxylic acids is 1. The average molecular weight is 313 g/mol. The van der Waals surface area contributed by atoms with Gasteiger partial charge < -0.3 is 15.0 Å². The Morgan fingerprint density at radius 2 is 2.28 bits per heavy atom.